The number of anilines is 1. The second-order valence-electron chi connectivity index (χ2n) is 6.08. The average Bonchev–Trinajstić information content (AvgIpc) is 3.09. The van der Waals surface area contributed by atoms with Crippen LogP contribution in [0.1, 0.15) is 23.2 Å². The lowest BCUT2D eigenvalue weighted by Gasteiger charge is -2.35. The maximum absolute atomic E-state index is 12.2. The van der Waals surface area contributed by atoms with Crippen LogP contribution in [0.25, 0.3) is 0 Å². The van der Waals surface area contributed by atoms with Crippen molar-refractivity contribution in [2.45, 2.75) is 20.1 Å². The van der Waals surface area contributed by atoms with Crippen LogP contribution in [0.4, 0.5) is 10.5 Å². The number of nitrogens with zero attached hydrogens (tertiary/aromatic N) is 2. The molecular weight excluding hydrogens is 336 g/mol. The third-order valence-electron chi connectivity index (χ3n) is 4.14. The molecule has 138 valence electrons. The molecule has 0 radical (unpaired) electrons. The highest BCUT2D eigenvalue weighted by Crippen LogP contribution is 2.16. The van der Waals surface area contributed by atoms with E-state index in [2.05, 4.69) is 4.90 Å². The number of para-hydroxylation sites is 1. The quantitative estimate of drug-likeness (QED) is 0.618. The van der Waals surface area contributed by atoms with Gasteiger partial charge in [-0.05, 0) is 31.2 Å². The van der Waals surface area contributed by atoms with Gasteiger partial charge in [-0.1, -0.05) is 18.2 Å². The van der Waals surface area contributed by atoms with E-state index in [0.717, 1.165) is 18.8 Å². The van der Waals surface area contributed by atoms with Gasteiger partial charge in [0.1, 0.15) is 5.76 Å². The summed E-state index contributed by atoms with van der Waals surface area (Å²) in [6.45, 7) is 5.77. The molecule has 0 aliphatic carbocycles. The van der Waals surface area contributed by atoms with Gasteiger partial charge in [0.15, 0.2) is 0 Å². The molecule has 1 aliphatic rings. The predicted molar refractivity (Wildman–Crippen MR) is 95.0 cm³/mol. The lowest BCUT2D eigenvalue weighted by atomic mass is 10.2. The van der Waals surface area contributed by atoms with E-state index in [1.165, 1.54) is 13.0 Å². The Bertz CT molecular complexity index is 750. The molecule has 1 aliphatic heterocycles. The van der Waals surface area contributed by atoms with Crippen LogP contribution in [0.2, 0.25) is 0 Å². The van der Waals surface area contributed by atoms with Crippen molar-refractivity contribution in [1.82, 2.24) is 4.90 Å². The predicted octanol–water partition coefficient (Wildman–Crippen LogP) is 3.05. The minimum absolute atomic E-state index is 0.0851. The lowest BCUT2D eigenvalue weighted by Crippen LogP contribution is -2.49. The first-order valence-electron chi connectivity index (χ1n) is 8.56. The molecule has 2 heterocycles. The normalized spacial score (nSPS) is 15.5. The van der Waals surface area contributed by atoms with Crippen LogP contribution in [0.15, 0.2) is 46.9 Å². The van der Waals surface area contributed by atoms with Crippen LogP contribution in [-0.4, -0.2) is 49.4 Å². The second kappa shape index (κ2) is 7.95. The largest absolute Gasteiger partial charge is 0.454 e. The molecule has 1 unspecified atom stereocenters. The molecule has 0 spiro atoms. The van der Waals surface area contributed by atoms with Crippen molar-refractivity contribution < 1.29 is 23.5 Å². The first-order valence-corrected chi connectivity index (χ1v) is 8.56. The van der Waals surface area contributed by atoms with Gasteiger partial charge >= 0.3 is 12.1 Å². The lowest BCUT2D eigenvalue weighted by molar-refractivity contribution is -0.0711. The fourth-order valence-corrected chi connectivity index (χ4v) is 2.78. The van der Waals surface area contributed by atoms with Gasteiger partial charge in [0.25, 0.3) is 0 Å². The van der Waals surface area contributed by atoms with Gasteiger partial charge in [0.2, 0.25) is 12.1 Å². The molecule has 7 heteroatoms. The van der Waals surface area contributed by atoms with E-state index >= 15 is 0 Å². The molecule has 0 saturated carbocycles. The van der Waals surface area contributed by atoms with Crippen LogP contribution in [0, 0.1) is 6.92 Å². The number of rotatable bonds is 4. The van der Waals surface area contributed by atoms with Crippen LogP contribution in [-0.2, 0) is 9.47 Å². The number of benzene rings is 1. The van der Waals surface area contributed by atoms with Gasteiger partial charge in [0, 0.05) is 38.8 Å². The monoisotopic (exact) mass is 358 g/mol. The Labute approximate surface area is 152 Å². The van der Waals surface area contributed by atoms with Crippen molar-refractivity contribution in [3.05, 3.63) is 54.0 Å². The number of esters is 1. The number of hydrogen-bond donors (Lipinski definition) is 0. The van der Waals surface area contributed by atoms with Crippen LogP contribution < -0.4 is 4.90 Å². The van der Waals surface area contributed by atoms with Crippen LogP contribution >= 0.6 is 0 Å². The molecular formula is C19H22N2O5. The zero-order chi connectivity index (χ0) is 18.5. The Morgan fingerprint density at radius 2 is 1.69 bits per heavy atom. The molecule has 3 rings (SSSR count). The summed E-state index contributed by atoms with van der Waals surface area (Å²) in [7, 11) is 0. The Morgan fingerprint density at radius 3 is 2.31 bits per heavy atom. The smallest absolute Gasteiger partial charge is 0.412 e. The third kappa shape index (κ3) is 4.36. The van der Waals surface area contributed by atoms with Crippen LogP contribution in [0.3, 0.4) is 0 Å². The Morgan fingerprint density at radius 1 is 1.00 bits per heavy atom. The number of amides is 1. The summed E-state index contributed by atoms with van der Waals surface area (Å²) in [6.07, 6.45) is -1.49. The fraction of sp³-hybridized carbons (Fsp3) is 0.368. The van der Waals surface area contributed by atoms with Crippen molar-refractivity contribution in [3.63, 3.8) is 0 Å². The van der Waals surface area contributed by atoms with E-state index in [1.807, 2.05) is 30.3 Å². The van der Waals surface area contributed by atoms with E-state index in [1.54, 1.807) is 17.9 Å². The Balaban J connectivity index is 1.46. The van der Waals surface area contributed by atoms with E-state index in [4.69, 9.17) is 13.9 Å². The van der Waals surface area contributed by atoms with Crippen LogP contribution in [0.5, 0.6) is 0 Å². The summed E-state index contributed by atoms with van der Waals surface area (Å²) in [4.78, 5) is 28.0. The SMILES string of the molecule is Cc1ccc(C(=O)OC(C)OC(=O)N2CCN(c3ccccc3)CC2)o1. The number of carbonyl (C=O) groups excluding carboxylic acids is 2. The number of piperazine rings is 1. The molecule has 1 aromatic carbocycles. The van der Waals surface area contributed by atoms with Crippen molar-refractivity contribution in [3.8, 4) is 0 Å². The van der Waals surface area contributed by atoms with E-state index in [-0.39, 0.29) is 5.76 Å². The zero-order valence-electron chi connectivity index (χ0n) is 14.9. The Hall–Kier alpha value is -2.96. The number of aryl methyl sites for hydroxylation is 1. The maximum atomic E-state index is 12.2. The molecule has 26 heavy (non-hydrogen) atoms. The highest BCUT2D eigenvalue weighted by molar-refractivity contribution is 5.86. The fourth-order valence-electron chi connectivity index (χ4n) is 2.78. The number of furan rings is 1. The van der Waals surface area contributed by atoms with Gasteiger partial charge in [-0.15, -0.1) is 0 Å². The topological polar surface area (TPSA) is 72.2 Å². The van der Waals surface area contributed by atoms with E-state index < -0.39 is 18.4 Å². The molecule has 1 saturated heterocycles. The van der Waals surface area contributed by atoms with Gasteiger partial charge in [-0.3, -0.25) is 0 Å². The molecule has 1 fully saturated rings. The maximum Gasteiger partial charge on any atom is 0.412 e. The zero-order valence-corrected chi connectivity index (χ0v) is 14.9. The van der Waals surface area contributed by atoms with E-state index in [9.17, 15) is 9.59 Å². The molecule has 7 nitrogen and oxygen atoms in total. The van der Waals surface area contributed by atoms with Gasteiger partial charge in [-0.25, -0.2) is 9.59 Å². The number of carbonyl (C=O) groups is 2. The number of ether oxygens (including phenoxy) is 2. The van der Waals surface area contributed by atoms with Gasteiger partial charge in [0.05, 0.1) is 0 Å². The van der Waals surface area contributed by atoms with Crippen molar-refractivity contribution in [2.24, 2.45) is 0 Å². The molecule has 1 amide bonds. The summed E-state index contributed by atoms with van der Waals surface area (Å²) in [5.74, 6) is 0.0343. The van der Waals surface area contributed by atoms with Crippen molar-refractivity contribution in [2.75, 3.05) is 31.1 Å². The molecule has 1 atom stereocenters. The average molecular weight is 358 g/mol. The molecule has 0 bridgehead atoms. The molecule has 0 N–H and O–H groups in total. The molecule has 2 aromatic rings. The minimum atomic E-state index is -0.993. The Kier molecular flexibility index (Phi) is 5.46. The highest BCUT2D eigenvalue weighted by atomic mass is 16.7. The summed E-state index contributed by atoms with van der Waals surface area (Å²) >= 11 is 0. The van der Waals surface area contributed by atoms with E-state index in [0.29, 0.717) is 18.8 Å². The first kappa shape index (κ1) is 17.8. The first-order chi connectivity index (χ1) is 12.5. The summed E-state index contributed by atoms with van der Waals surface area (Å²) < 4.78 is 15.5. The van der Waals surface area contributed by atoms with Crippen molar-refractivity contribution in [1.29, 1.82) is 0 Å². The number of hydrogen-bond acceptors (Lipinski definition) is 6. The molecule has 1 aromatic heterocycles. The minimum Gasteiger partial charge on any atom is -0.454 e. The highest BCUT2D eigenvalue weighted by Gasteiger charge is 2.25. The summed E-state index contributed by atoms with van der Waals surface area (Å²) in [6, 6.07) is 13.2. The standard InChI is InChI=1S/C19H22N2O5/c1-14-8-9-17(24-14)18(22)25-15(2)26-19(23)21-12-10-20(11-13-21)16-6-4-3-5-7-16/h3-9,15H,10-13H2,1-2H3. The summed E-state index contributed by atoms with van der Waals surface area (Å²) in [5, 5.41) is 0. The second-order valence-corrected chi connectivity index (χ2v) is 6.08. The third-order valence-corrected chi connectivity index (χ3v) is 4.14. The van der Waals surface area contributed by atoms with Crippen molar-refractivity contribution >= 4 is 17.7 Å². The van der Waals surface area contributed by atoms with Gasteiger partial charge < -0.3 is 23.7 Å². The summed E-state index contributed by atoms with van der Waals surface area (Å²) in [5.41, 5.74) is 1.14. The van der Waals surface area contributed by atoms with Gasteiger partial charge in [-0.2, -0.15) is 0 Å².